The third kappa shape index (κ3) is 3.53. The van der Waals surface area contributed by atoms with E-state index in [0.29, 0.717) is 0 Å². The summed E-state index contributed by atoms with van der Waals surface area (Å²) in [5, 5.41) is 0. The first-order valence-electron chi connectivity index (χ1n) is 8.75. The molecule has 0 heteroatoms. The second-order valence-corrected chi connectivity index (χ2v) is 6.61. The van der Waals surface area contributed by atoms with Gasteiger partial charge in [-0.15, -0.1) is 0 Å². The molecule has 0 aromatic heterocycles. The summed E-state index contributed by atoms with van der Waals surface area (Å²) in [6, 6.07) is 5.01. The zero-order valence-corrected chi connectivity index (χ0v) is 12.8. The van der Waals surface area contributed by atoms with Gasteiger partial charge in [-0.05, 0) is 54.4 Å². The Balaban J connectivity index is 1.75. The summed E-state index contributed by atoms with van der Waals surface area (Å²) >= 11 is 0. The van der Waals surface area contributed by atoms with Crippen LogP contribution in [-0.2, 0) is 19.3 Å². The van der Waals surface area contributed by atoms with Gasteiger partial charge in [-0.25, -0.2) is 0 Å². The Labute approximate surface area is 124 Å². The second-order valence-electron chi connectivity index (χ2n) is 6.61. The van der Waals surface area contributed by atoms with Crippen LogP contribution < -0.4 is 0 Å². The minimum Gasteiger partial charge on any atom is -0.0795 e. The monoisotopic (exact) mass is 268 g/mol. The predicted octanol–water partition coefficient (Wildman–Crippen LogP) is 5.87. The van der Waals surface area contributed by atoms with E-state index in [1.807, 2.05) is 0 Å². The van der Waals surface area contributed by atoms with Gasteiger partial charge in [-0.2, -0.15) is 0 Å². The van der Waals surface area contributed by atoms with Crippen LogP contribution >= 0.6 is 0 Å². The van der Waals surface area contributed by atoms with E-state index in [4.69, 9.17) is 0 Å². The molecular weight excluding hydrogens is 240 g/mol. The van der Waals surface area contributed by atoms with Gasteiger partial charge in [0.05, 0.1) is 0 Å². The summed E-state index contributed by atoms with van der Waals surface area (Å²) in [4.78, 5) is 0. The predicted molar refractivity (Wildman–Crippen MR) is 88.1 cm³/mol. The quantitative estimate of drug-likeness (QED) is 0.552. The second kappa shape index (κ2) is 7.11. The van der Waals surface area contributed by atoms with E-state index in [1.54, 1.807) is 16.7 Å². The first-order chi connectivity index (χ1) is 9.93. The van der Waals surface area contributed by atoms with E-state index in [9.17, 15) is 0 Å². The summed E-state index contributed by atoms with van der Waals surface area (Å²) < 4.78 is 0. The minimum atomic E-state index is 1.16. The topological polar surface area (TPSA) is 0 Å². The molecule has 1 aromatic rings. The van der Waals surface area contributed by atoms with Crippen molar-refractivity contribution in [2.45, 2.75) is 77.0 Å². The lowest BCUT2D eigenvalue weighted by Gasteiger charge is -2.13. The van der Waals surface area contributed by atoms with Crippen molar-refractivity contribution in [1.82, 2.24) is 0 Å². The number of hydrogen-bond acceptors (Lipinski definition) is 0. The fraction of sp³-hybridized carbons (Fsp3) is 0.600. The fourth-order valence-electron chi connectivity index (χ4n) is 3.74. The lowest BCUT2D eigenvalue weighted by atomic mass is 9.93. The molecule has 0 amide bonds. The van der Waals surface area contributed by atoms with Crippen LogP contribution in [0.2, 0.25) is 0 Å². The normalized spacial score (nSPS) is 20.4. The molecule has 0 saturated heterocycles. The standard InChI is InChI=1S/C20H28/c1-2-4-6-8-11-17-15-19-13-10-14-20(19)16-18(17)12-9-7-5-3-1/h10,13,15-16H,1-9,11-12,14H2. The number of rotatable bonds is 0. The van der Waals surface area contributed by atoms with Crippen LogP contribution in [0.5, 0.6) is 0 Å². The highest BCUT2D eigenvalue weighted by atomic mass is 14.2. The maximum absolute atomic E-state index is 2.52. The molecule has 0 unspecified atom stereocenters. The summed E-state index contributed by atoms with van der Waals surface area (Å²) in [5.41, 5.74) is 6.36. The molecule has 0 bridgehead atoms. The summed E-state index contributed by atoms with van der Waals surface area (Å²) in [6.45, 7) is 0. The molecular formula is C20H28. The Kier molecular flexibility index (Phi) is 4.95. The van der Waals surface area contributed by atoms with Crippen LogP contribution in [-0.4, -0.2) is 0 Å². The Morgan fingerprint density at radius 2 is 1.10 bits per heavy atom. The van der Waals surface area contributed by atoms with Gasteiger partial charge in [-0.3, -0.25) is 0 Å². The van der Waals surface area contributed by atoms with Crippen molar-refractivity contribution in [3.63, 3.8) is 0 Å². The first kappa shape index (κ1) is 13.9. The molecule has 0 atom stereocenters. The van der Waals surface area contributed by atoms with Gasteiger partial charge >= 0.3 is 0 Å². The van der Waals surface area contributed by atoms with E-state index in [2.05, 4.69) is 24.3 Å². The molecule has 0 nitrogen and oxygen atoms in total. The lowest BCUT2D eigenvalue weighted by Crippen LogP contribution is -1.98. The minimum absolute atomic E-state index is 1.16. The van der Waals surface area contributed by atoms with Crippen molar-refractivity contribution in [3.8, 4) is 0 Å². The SMILES string of the molecule is C1=Cc2cc3c(cc2C1)CCCCCCCCCCC3. The van der Waals surface area contributed by atoms with Gasteiger partial charge in [0, 0.05) is 0 Å². The zero-order chi connectivity index (χ0) is 13.6. The molecule has 0 spiro atoms. The highest BCUT2D eigenvalue weighted by Crippen LogP contribution is 2.27. The van der Waals surface area contributed by atoms with Crippen LogP contribution in [0.25, 0.3) is 6.08 Å². The van der Waals surface area contributed by atoms with Crippen molar-refractivity contribution in [2.75, 3.05) is 0 Å². The molecule has 2 aliphatic carbocycles. The Bertz CT molecular complexity index is 467. The summed E-state index contributed by atoms with van der Waals surface area (Å²) in [7, 11) is 0. The van der Waals surface area contributed by atoms with Gasteiger partial charge in [0.2, 0.25) is 0 Å². The Morgan fingerprint density at radius 1 is 0.550 bits per heavy atom. The van der Waals surface area contributed by atoms with Gasteiger partial charge in [-0.1, -0.05) is 69.2 Å². The average Bonchev–Trinajstić information content (AvgIpc) is 2.91. The molecule has 3 rings (SSSR count). The Morgan fingerprint density at radius 3 is 1.75 bits per heavy atom. The molecule has 20 heavy (non-hydrogen) atoms. The summed E-state index contributed by atoms with van der Waals surface area (Å²) in [5.74, 6) is 0. The number of aryl methyl sites for hydroxylation is 2. The van der Waals surface area contributed by atoms with E-state index < -0.39 is 0 Å². The maximum Gasteiger partial charge on any atom is -0.00881 e. The lowest BCUT2D eigenvalue weighted by molar-refractivity contribution is 0.564. The molecule has 0 saturated carbocycles. The third-order valence-electron chi connectivity index (χ3n) is 4.99. The smallest absolute Gasteiger partial charge is 0.00881 e. The van der Waals surface area contributed by atoms with Crippen LogP contribution in [0.1, 0.15) is 80.0 Å². The van der Waals surface area contributed by atoms with Crippen molar-refractivity contribution in [3.05, 3.63) is 40.5 Å². The average molecular weight is 268 g/mol. The number of hydrogen-bond donors (Lipinski definition) is 0. The molecule has 0 fully saturated rings. The van der Waals surface area contributed by atoms with Gasteiger partial charge in [0.15, 0.2) is 0 Å². The number of allylic oxidation sites excluding steroid dienone is 1. The van der Waals surface area contributed by atoms with Gasteiger partial charge < -0.3 is 0 Å². The zero-order valence-electron chi connectivity index (χ0n) is 12.8. The maximum atomic E-state index is 2.52. The molecule has 0 heterocycles. The van der Waals surface area contributed by atoms with E-state index in [-0.39, 0.29) is 0 Å². The van der Waals surface area contributed by atoms with Crippen molar-refractivity contribution in [2.24, 2.45) is 0 Å². The van der Waals surface area contributed by atoms with Crippen LogP contribution in [0.3, 0.4) is 0 Å². The first-order valence-corrected chi connectivity index (χ1v) is 8.75. The highest BCUT2D eigenvalue weighted by molar-refractivity contribution is 5.62. The van der Waals surface area contributed by atoms with E-state index in [0.717, 1.165) is 6.42 Å². The van der Waals surface area contributed by atoms with E-state index in [1.165, 1.54) is 76.2 Å². The molecule has 1 aromatic carbocycles. The fourth-order valence-corrected chi connectivity index (χ4v) is 3.74. The molecule has 0 aliphatic heterocycles. The van der Waals surface area contributed by atoms with Crippen LogP contribution in [0.4, 0.5) is 0 Å². The summed E-state index contributed by atoms with van der Waals surface area (Å²) in [6.07, 6.45) is 21.3. The largest absolute Gasteiger partial charge is 0.0795 e. The molecule has 108 valence electrons. The third-order valence-corrected chi connectivity index (χ3v) is 4.99. The van der Waals surface area contributed by atoms with Crippen molar-refractivity contribution < 1.29 is 0 Å². The van der Waals surface area contributed by atoms with Crippen molar-refractivity contribution >= 4 is 6.08 Å². The Hall–Kier alpha value is -1.04. The van der Waals surface area contributed by atoms with Gasteiger partial charge in [0.1, 0.15) is 0 Å². The van der Waals surface area contributed by atoms with Crippen LogP contribution in [0.15, 0.2) is 18.2 Å². The molecule has 0 radical (unpaired) electrons. The van der Waals surface area contributed by atoms with Crippen molar-refractivity contribution in [1.29, 1.82) is 0 Å². The number of benzene rings is 1. The molecule has 0 N–H and O–H groups in total. The molecule has 2 aliphatic rings. The number of fused-ring (bicyclic) bond motifs is 2. The van der Waals surface area contributed by atoms with E-state index >= 15 is 0 Å². The van der Waals surface area contributed by atoms with Gasteiger partial charge in [0.25, 0.3) is 0 Å². The highest BCUT2D eigenvalue weighted by Gasteiger charge is 2.11. The van der Waals surface area contributed by atoms with Crippen LogP contribution in [0, 0.1) is 0 Å².